The lowest BCUT2D eigenvalue weighted by molar-refractivity contribution is -0.149. The minimum Gasteiger partial charge on any atom is -0.383 e. The molecule has 2 bridgehead atoms. The summed E-state index contributed by atoms with van der Waals surface area (Å²) in [5.41, 5.74) is -2.64. The number of fused-ring (bicyclic) bond motifs is 2. The molecule has 0 amide bonds. The maximum Gasteiger partial charge on any atom is 0.418 e. The number of aliphatic hydroxyl groups is 1. The second kappa shape index (κ2) is 4.18. The van der Waals surface area contributed by atoms with E-state index in [2.05, 4.69) is 4.98 Å². The maximum atomic E-state index is 13.0. The van der Waals surface area contributed by atoms with Crippen LogP contribution < -0.4 is 0 Å². The Morgan fingerprint density at radius 3 is 2.47 bits per heavy atom. The van der Waals surface area contributed by atoms with Gasteiger partial charge in [-0.3, -0.25) is 4.98 Å². The van der Waals surface area contributed by atoms with Gasteiger partial charge in [-0.05, 0) is 25.0 Å². The summed E-state index contributed by atoms with van der Waals surface area (Å²) in [6, 6.07) is 2.21. The van der Waals surface area contributed by atoms with Gasteiger partial charge >= 0.3 is 6.18 Å². The molecule has 0 aliphatic carbocycles. The van der Waals surface area contributed by atoms with Crippen LogP contribution in [0.3, 0.4) is 0 Å². The van der Waals surface area contributed by atoms with Crippen LogP contribution in [0.5, 0.6) is 0 Å². The predicted molar refractivity (Wildman–Crippen MR) is 60.3 cm³/mol. The Morgan fingerprint density at radius 1 is 1.26 bits per heavy atom. The van der Waals surface area contributed by atoms with Crippen molar-refractivity contribution in [2.24, 2.45) is 0 Å². The number of ether oxygens (including phenoxy) is 1. The first-order valence-electron chi connectivity index (χ1n) is 6.29. The van der Waals surface area contributed by atoms with Gasteiger partial charge < -0.3 is 9.84 Å². The molecular weight excluding hydrogens is 259 g/mol. The molecule has 3 rings (SSSR count). The highest BCUT2D eigenvalue weighted by atomic mass is 19.4. The van der Waals surface area contributed by atoms with Crippen molar-refractivity contribution in [3.8, 4) is 0 Å². The quantitative estimate of drug-likeness (QED) is 0.855. The van der Waals surface area contributed by atoms with Gasteiger partial charge in [0, 0.05) is 19.0 Å². The molecule has 2 saturated heterocycles. The Labute approximate surface area is 108 Å². The highest BCUT2D eigenvalue weighted by molar-refractivity contribution is 5.29. The average molecular weight is 273 g/mol. The zero-order valence-electron chi connectivity index (χ0n) is 10.2. The number of halogens is 3. The van der Waals surface area contributed by atoms with Gasteiger partial charge in [-0.2, -0.15) is 13.2 Å². The monoisotopic (exact) mass is 273 g/mol. The number of alkyl halides is 3. The summed E-state index contributed by atoms with van der Waals surface area (Å²) < 4.78 is 44.6. The molecule has 2 aliphatic heterocycles. The third-order valence-electron chi connectivity index (χ3n) is 3.88. The Hall–Kier alpha value is -1.14. The Kier molecular flexibility index (Phi) is 2.83. The predicted octanol–water partition coefficient (Wildman–Crippen LogP) is 2.63. The zero-order valence-corrected chi connectivity index (χ0v) is 10.2. The number of hydrogen-bond donors (Lipinski definition) is 1. The van der Waals surface area contributed by atoms with Gasteiger partial charge in [0.25, 0.3) is 0 Å². The first-order valence-corrected chi connectivity index (χ1v) is 6.29. The van der Waals surface area contributed by atoms with E-state index >= 15 is 0 Å². The third-order valence-corrected chi connectivity index (χ3v) is 3.88. The van der Waals surface area contributed by atoms with Crippen molar-refractivity contribution in [3.05, 3.63) is 29.6 Å². The second-order valence-corrected chi connectivity index (χ2v) is 5.29. The van der Waals surface area contributed by atoms with Crippen LogP contribution >= 0.6 is 0 Å². The average Bonchev–Trinajstić information content (AvgIpc) is 2.68. The van der Waals surface area contributed by atoms with Crippen molar-refractivity contribution in [1.29, 1.82) is 0 Å². The lowest BCUT2D eigenvalue weighted by Gasteiger charge is -2.37. The Balaban J connectivity index is 2.02. The van der Waals surface area contributed by atoms with E-state index in [-0.39, 0.29) is 30.7 Å². The normalized spacial score (nSPS) is 34.5. The van der Waals surface area contributed by atoms with E-state index in [9.17, 15) is 18.3 Å². The minimum absolute atomic E-state index is 0.160. The van der Waals surface area contributed by atoms with Crippen molar-refractivity contribution in [2.75, 3.05) is 0 Å². The van der Waals surface area contributed by atoms with Crippen LogP contribution in [0.25, 0.3) is 0 Å². The first kappa shape index (κ1) is 12.9. The molecule has 0 saturated carbocycles. The summed E-state index contributed by atoms with van der Waals surface area (Å²) in [5.74, 6) is 0. The molecule has 2 atom stereocenters. The van der Waals surface area contributed by atoms with Crippen molar-refractivity contribution in [3.63, 3.8) is 0 Å². The van der Waals surface area contributed by atoms with Crippen molar-refractivity contribution in [2.45, 2.75) is 49.7 Å². The second-order valence-electron chi connectivity index (χ2n) is 5.29. The van der Waals surface area contributed by atoms with Crippen LogP contribution in [0.15, 0.2) is 18.3 Å². The minimum atomic E-state index is -4.50. The first-order chi connectivity index (χ1) is 8.88. The van der Waals surface area contributed by atoms with Gasteiger partial charge in [0.15, 0.2) is 0 Å². The molecule has 1 aromatic heterocycles. The molecular formula is C13H14F3NO2. The fourth-order valence-corrected chi connectivity index (χ4v) is 3.12. The van der Waals surface area contributed by atoms with Crippen LogP contribution in [-0.4, -0.2) is 22.3 Å². The number of pyridine rings is 1. The van der Waals surface area contributed by atoms with Crippen LogP contribution in [-0.2, 0) is 16.5 Å². The SMILES string of the molecule is OC1(c2ncccc2C(F)(F)F)CC2CCC(C1)O2. The smallest absolute Gasteiger partial charge is 0.383 e. The van der Waals surface area contributed by atoms with Crippen molar-refractivity contribution < 1.29 is 23.0 Å². The van der Waals surface area contributed by atoms with Gasteiger partial charge in [-0.15, -0.1) is 0 Å². The molecule has 2 fully saturated rings. The Bertz CT molecular complexity index is 477. The van der Waals surface area contributed by atoms with Crippen molar-refractivity contribution >= 4 is 0 Å². The molecule has 3 heterocycles. The number of rotatable bonds is 1. The Morgan fingerprint density at radius 2 is 1.89 bits per heavy atom. The van der Waals surface area contributed by atoms with E-state index in [0.29, 0.717) is 0 Å². The van der Waals surface area contributed by atoms with Crippen LogP contribution in [0.1, 0.15) is 36.9 Å². The van der Waals surface area contributed by atoms with Crippen LogP contribution in [0.4, 0.5) is 13.2 Å². The van der Waals surface area contributed by atoms with Crippen molar-refractivity contribution in [1.82, 2.24) is 4.98 Å². The van der Waals surface area contributed by atoms with E-state index in [1.807, 2.05) is 0 Å². The number of hydrogen-bond acceptors (Lipinski definition) is 3. The molecule has 2 unspecified atom stereocenters. The lowest BCUT2D eigenvalue weighted by atomic mass is 9.84. The van der Waals surface area contributed by atoms with Crippen LogP contribution in [0.2, 0.25) is 0 Å². The molecule has 0 radical (unpaired) electrons. The molecule has 19 heavy (non-hydrogen) atoms. The topological polar surface area (TPSA) is 42.4 Å². The summed E-state index contributed by atoms with van der Waals surface area (Å²) in [6.07, 6.45) is -1.58. The summed E-state index contributed by atoms with van der Waals surface area (Å²) in [4.78, 5) is 3.81. The van der Waals surface area contributed by atoms with Gasteiger partial charge in [0.1, 0.15) is 5.60 Å². The molecule has 1 aromatic rings. The summed E-state index contributed by atoms with van der Waals surface area (Å²) in [7, 11) is 0. The fourth-order valence-electron chi connectivity index (χ4n) is 3.12. The van der Waals surface area contributed by atoms with E-state index in [1.54, 1.807) is 0 Å². The lowest BCUT2D eigenvalue weighted by Crippen LogP contribution is -2.40. The fraction of sp³-hybridized carbons (Fsp3) is 0.615. The van der Waals surface area contributed by atoms with E-state index in [4.69, 9.17) is 4.74 Å². The highest BCUT2D eigenvalue weighted by Gasteiger charge is 2.49. The highest BCUT2D eigenvalue weighted by Crippen LogP contribution is 2.46. The molecule has 1 N–H and O–H groups in total. The van der Waals surface area contributed by atoms with Crippen LogP contribution in [0, 0.1) is 0 Å². The number of nitrogens with zero attached hydrogens (tertiary/aromatic N) is 1. The largest absolute Gasteiger partial charge is 0.418 e. The molecule has 0 spiro atoms. The van der Waals surface area contributed by atoms with E-state index in [0.717, 1.165) is 18.9 Å². The third kappa shape index (κ3) is 2.23. The summed E-state index contributed by atoms with van der Waals surface area (Å²) >= 11 is 0. The molecule has 104 valence electrons. The van der Waals surface area contributed by atoms with Gasteiger partial charge in [0.2, 0.25) is 0 Å². The molecule has 0 aromatic carbocycles. The number of aromatic nitrogens is 1. The molecule has 3 nitrogen and oxygen atoms in total. The van der Waals surface area contributed by atoms with Gasteiger partial charge in [-0.25, -0.2) is 0 Å². The summed E-state index contributed by atoms with van der Waals surface area (Å²) in [6.45, 7) is 0. The standard InChI is InChI=1S/C13H14F3NO2/c14-13(15,16)10-2-1-5-17-11(10)12(18)6-8-3-4-9(7-12)19-8/h1-2,5,8-9,18H,3-4,6-7H2. The molecule has 6 heteroatoms. The zero-order chi connectivity index (χ0) is 13.7. The molecule has 2 aliphatic rings. The van der Waals surface area contributed by atoms with Gasteiger partial charge in [-0.1, -0.05) is 0 Å². The summed E-state index contributed by atoms with van der Waals surface area (Å²) in [5, 5.41) is 10.6. The van der Waals surface area contributed by atoms with E-state index < -0.39 is 17.3 Å². The maximum absolute atomic E-state index is 13.0. The van der Waals surface area contributed by atoms with Gasteiger partial charge in [0.05, 0.1) is 23.5 Å². The van der Waals surface area contributed by atoms with E-state index in [1.165, 1.54) is 12.3 Å².